The van der Waals surface area contributed by atoms with Gasteiger partial charge >= 0.3 is 15.6 Å². The Bertz CT molecular complexity index is 2730. The van der Waals surface area contributed by atoms with Crippen LogP contribution in [0.5, 0.6) is 0 Å². The highest BCUT2D eigenvalue weighted by molar-refractivity contribution is 7.98. The van der Waals surface area contributed by atoms with Crippen LogP contribution < -0.4 is 0 Å². The number of phosphoric acid groups is 2. The molecule has 4 aromatic rings. The minimum absolute atomic E-state index is 0.178. The average Bonchev–Trinajstić information content (AvgIpc) is 3.77. The van der Waals surface area contributed by atoms with Crippen LogP contribution in [0.2, 0.25) is 0 Å². The molecule has 13 nitrogen and oxygen atoms in total. The summed E-state index contributed by atoms with van der Waals surface area (Å²) in [6.45, 7) is 12.7. The number of benzene rings is 4. The van der Waals surface area contributed by atoms with E-state index in [9.17, 15) is 32.3 Å². The Morgan fingerprint density at radius 3 is 1.29 bits per heavy atom. The fourth-order valence-electron chi connectivity index (χ4n) is 8.35. The summed E-state index contributed by atoms with van der Waals surface area (Å²) in [5.74, 6) is -0.668. The number of unbranched alkanes of at least 4 members (excludes halogenated alkanes) is 2. The van der Waals surface area contributed by atoms with Gasteiger partial charge < -0.3 is 19.7 Å². The Morgan fingerprint density at radius 1 is 0.560 bits per heavy atom. The second-order valence-electron chi connectivity index (χ2n) is 17.2. The monoisotopic (exact) mass is 1120 g/mol. The van der Waals surface area contributed by atoms with Crippen molar-refractivity contribution in [3.8, 4) is 0 Å². The van der Waals surface area contributed by atoms with Crippen LogP contribution in [0.1, 0.15) is 113 Å². The summed E-state index contributed by atoms with van der Waals surface area (Å²) in [6.07, 6.45) is 8.39. The van der Waals surface area contributed by atoms with Gasteiger partial charge in [-0.2, -0.15) is 0 Å². The summed E-state index contributed by atoms with van der Waals surface area (Å²) in [6, 6.07) is 25.2. The summed E-state index contributed by atoms with van der Waals surface area (Å²) in [5, 5.41) is 21.2. The summed E-state index contributed by atoms with van der Waals surface area (Å²) in [7, 11) is -8.11. The molecule has 6 rings (SSSR count). The number of halogens is 2. The maximum absolute atomic E-state index is 14.2. The van der Waals surface area contributed by atoms with Crippen LogP contribution in [0, 0.1) is 11.6 Å². The largest absolute Gasteiger partial charge is 0.474 e. The van der Waals surface area contributed by atoms with Gasteiger partial charge in [-0.3, -0.25) is 31.4 Å². The number of aliphatic hydroxyl groups is 2. The normalized spacial score (nSPS) is 15.8. The molecule has 3 atom stereocenters. The van der Waals surface area contributed by atoms with Gasteiger partial charge in [0.25, 0.3) is 0 Å². The summed E-state index contributed by atoms with van der Waals surface area (Å²) >= 11 is 1.69. The third-order valence-electron chi connectivity index (χ3n) is 12.0. The van der Waals surface area contributed by atoms with Crippen molar-refractivity contribution in [3.05, 3.63) is 141 Å². The lowest BCUT2D eigenvalue weighted by Gasteiger charge is -2.17. The number of hydrogen-bond donors (Lipinski definition) is 2. The van der Waals surface area contributed by atoms with Crippen molar-refractivity contribution >= 4 is 72.7 Å². The number of hydrogen-bond acceptors (Lipinski definition) is 14. The Labute approximate surface area is 448 Å². The minimum Gasteiger partial charge on any atom is -0.368 e. The van der Waals surface area contributed by atoms with Gasteiger partial charge in [0.15, 0.2) is 12.6 Å². The zero-order valence-electron chi connectivity index (χ0n) is 44.1. The van der Waals surface area contributed by atoms with Gasteiger partial charge in [0.1, 0.15) is 11.6 Å². The van der Waals surface area contributed by atoms with Crippen molar-refractivity contribution in [1.29, 1.82) is 0 Å². The molecule has 0 fully saturated rings. The van der Waals surface area contributed by atoms with E-state index in [4.69, 9.17) is 36.6 Å². The molecule has 0 bridgehead atoms. The van der Waals surface area contributed by atoms with Crippen molar-refractivity contribution in [1.82, 2.24) is 0 Å². The molecule has 0 saturated carbocycles. The Hall–Kier alpha value is -3.74. The topological polar surface area (TPSA) is 166 Å². The molecule has 0 aromatic heterocycles. The maximum Gasteiger partial charge on any atom is 0.474 e. The highest BCUT2D eigenvalue weighted by atomic mass is 32.2. The molecular weight excluding hydrogens is 1040 g/mol. The standard InChI is InChI=1S/C28H36FO7PS.C28H36FO6PS/c1-5-34-37(31,35-6-2)36-16-8-7-15-33-28(30)19-26-20(3)25(24-14-11-22(29)18-27(24)26)17-21-9-12-23(13-10-21)38(4)32;1-5-33-36(31,34-6-2)35-16-8-7-15-32-28(30)19-26-20(3)25(24-14-11-22(29)18-27(24)26)17-21-9-12-23(37-4)13-10-21/h9-14,17-18,28,30H,5-8,15-16,19H2,1-4H3;9-14,17-18,28,30H,5-8,15-16,19H2,1-4H3. The van der Waals surface area contributed by atoms with E-state index in [0.717, 1.165) is 71.7 Å². The van der Waals surface area contributed by atoms with Gasteiger partial charge in [0, 0.05) is 52.9 Å². The van der Waals surface area contributed by atoms with E-state index in [1.54, 1.807) is 57.8 Å². The number of thioether (sulfide) groups is 1. The molecule has 4 aromatic carbocycles. The smallest absolute Gasteiger partial charge is 0.368 e. The predicted octanol–water partition coefficient (Wildman–Crippen LogP) is 14.2. The first kappa shape index (κ1) is 62.1. The first-order valence-corrected chi connectivity index (χ1v) is 30.9. The fraction of sp³-hybridized carbons (Fsp3) is 0.429. The first-order valence-electron chi connectivity index (χ1n) is 25.2. The number of phosphoric ester groups is 2. The van der Waals surface area contributed by atoms with Crippen molar-refractivity contribution in [3.63, 3.8) is 0 Å². The molecule has 75 heavy (non-hydrogen) atoms. The molecule has 2 N–H and O–H groups in total. The Kier molecular flexibility index (Phi) is 25.7. The zero-order valence-corrected chi connectivity index (χ0v) is 47.6. The molecule has 0 amide bonds. The van der Waals surface area contributed by atoms with Gasteiger partial charge in [-0.25, -0.2) is 17.9 Å². The van der Waals surface area contributed by atoms with Crippen molar-refractivity contribution in [2.24, 2.45) is 0 Å². The van der Waals surface area contributed by atoms with Crippen molar-refractivity contribution in [2.75, 3.05) is 65.4 Å². The van der Waals surface area contributed by atoms with E-state index < -0.39 is 39.0 Å². The molecule has 3 unspecified atom stereocenters. The quantitative estimate of drug-likeness (QED) is 0.0219. The van der Waals surface area contributed by atoms with E-state index in [1.807, 2.05) is 50.4 Å². The number of rotatable bonds is 30. The summed E-state index contributed by atoms with van der Waals surface area (Å²) in [5.41, 5.74) is 10.9. The maximum atomic E-state index is 14.2. The molecular formula is C56H72F2O13P2S2. The van der Waals surface area contributed by atoms with Gasteiger partial charge in [-0.1, -0.05) is 36.4 Å². The number of allylic oxidation sites excluding steroid dienone is 4. The minimum atomic E-state index is -3.53. The molecule has 0 spiro atoms. The third-order valence-corrected chi connectivity index (χ3v) is 16.9. The lowest BCUT2D eigenvalue weighted by Crippen LogP contribution is -2.14. The van der Waals surface area contributed by atoms with E-state index in [1.165, 1.54) is 29.2 Å². The first-order chi connectivity index (χ1) is 36.0. The van der Waals surface area contributed by atoms with Gasteiger partial charge in [-0.05, 0) is 201 Å². The highest BCUT2D eigenvalue weighted by Gasteiger charge is 2.29. The van der Waals surface area contributed by atoms with Crippen LogP contribution in [-0.4, -0.2) is 92.4 Å². The van der Waals surface area contributed by atoms with E-state index in [2.05, 4.69) is 30.3 Å². The Balaban J connectivity index is 0.000000277. The predicted molar refractivity (Wildman–Crippen MR) is 296 cm³/mol. The third kappa shape index (κ3) is 18.7. The van der Waals surface area contributed by atoms with Gasteiger partial charge in [0.2, 0.25) is 0 Å². The van der Waals surface area contributed by atoms with Crippen LogP contribution in [0.15, 0.2) is 106 Å². The lowest BCUT2D eigenvalue weighted by atomic mass is 10.0. The fourth-order valence-corrected chi connectivity index (χ4v) is 11.7. The summed E-state index contributed by atoms with van der Waals surface area (Å²) in [4.78, 5) is 1.94. The van der Waals surface area contributed by atoms with Gasteiger partial charge in [0.05, 0.1) is 39.6 Å². The second kappa shape index (κ2) is 31.0. The van der Waals surface area contributed by atoms with Crippen molar-refractivity contribution in [2.45, 2.75) is 102 Å². The van der Waals surface area contributed by atoms with Crippen LogP contribution in [0.25, 0.3) is 34.4 Å². The molecule has 0 aliphatic heterocycles. The van der Waals surface area contributed by atoms with Crippen LogP contribution in [-0.2, 0) is 56.5 Å². The molecule has 0 saturated heterocycles. The van der Waals surface area contributed by atoms with Crippen LogP contribution >= 0.6 is 27.4 Å². The van der Waals surface area contributed by atoms with Crippen LogP contribution in [0.3, 0.4) is 0 Å². The number of aliphatic hydroxyl groups excluding tert-OH is 2. The highest BCUT2D eigenvalue weighted by Crippen LogP contribution is 2.50. The van der Waals surface area contributed by atoms with E-state index >= 15 is 0 Å². The lowest BCUT2D eigenvalue weighted by molar-refractivity contribution is -0.0959. The number of fused-ring (bicyclic) bond motifs is 2. The molecule has 2 aliphatic carbocycles. The molecule has 0 heterocycles. The summed E-state index contributed by atoms with van der Waals surface area (Å²) < 4.78 is 107. The van der Waals surface area contributed by atoms with Gasteiger partial charge in [-0.15, -0.1) is 11.8 Å². The zero-order chi connectivity index (χ0) is 54.5. The SMILES string of the molecule is CCOP(=O)(OCC)OCCCCOC(O)CC1=C(C)C(=Cc2ccc(S(C)=O)cc2)c2ccc(F)cc21.CCOP(=O)(OCC)OCCCCOC(O)CC1=C(C)C(=Cc2ccc(SC)cc2)c2ccc(F)cc21. The molecule has 0 radical (unpaired) electrons. The Morgan fingerprint density at radius 2 is 0.933 bits per heavy atom. The molecule has 19 heteroatoms. The van der Waals surface area contributed by atoms with E-state index in [0.29, 0.717) is 32.3 Å². The molecule has 410 valence electrons. The average molecular weight is 1120 g/mol. The van der Waals surface area contributed by atoms with Crippen LogP contribution in [0.4, 0.5) is 8.78 Å². The van der Waals surface area contributed by atoms with Crippen molar-refractivity contribution < 1.29 is 68.9 Å². The number of ether oxygens (including phenoxy) is 2. The second-order valence-corrected chi connectivity index (χ2v) is 22.8. The van der Waals surface area contributed by atoms with E-state index in [-0.39, 0.29) is 70.7 Å². The molecule has 2 aliphatic rings.